The number of hydrazine groups is 1. The third kappa shape index (κ3) is 6.70. The Morgan fingerprint density at radius 1 is 1.10 bits per heavy atom. The Morgan fingerprint density at radius 3 is 2.54 bits per heavy atom. The van der Waals surface area contributed by atoms with Crippen molar-refractivity contribution in [1.29, 1.82) is 0 Å². The van der Waals surface area contributed by atoms with Gasteiger partial charge in [-0.3, -0.25) is 14.4 Å². The average Bonchev–Trinajstić information content (AvgIpc) is 2.91. The number of benzene rings is 2. The van der Waals surface area contributed by atoms with Crippen LogP contribution in [0.4, 0.5) is 9.18 Å². The van der Waals surface area contributed by atoms with E-state index >= 15 is 0 Å². The lowest BCUT2D eigenvalue weighted by Gasteiger charge is -2.54. The van der Waals surface area contributed by atoms with Crippen molar-refractivity contribution in [3.8, 4) is 0 Å². The highest BCUT2D eigenvalue weighted by molar-refractivity contribution is 5.91. The topological polar surface area (TPSA) is 123 Å². The number of carbonyl (C=O) groups is 4. The maximum absolute atomic E-state index is 13.9. The Hall–Kier alpha value is -4.03. The van der Waals surface area contributed by atoms with Gasteiger partial charge in [-0.15, -0.1) is 0 Å². The third-order valence-corrected chi connectivity index (χ3v) is 6.79. The first-order valence-corrected chi connectivity index (χ1v) is 12.7. The van der Waals surface area contributed by atoms with Gasteiger partial charge in [0.05, 0.1) is 26.3 Å². The number of nitrogens with one attached hydrogen (secondary N) is 1. The minimum Gasteiger partial charge on any atom is -0.481 e. The van der Waals surface area contributed by atoms with Gasteiger partial charge in [0.15, 0.2) is 0 Å². The van der Waals surface area contributed by atoms with Crippen LogP contribution in [0.5, 0.6) is 0 Å². The summed E-state index contributed by atoms with van der Waals surface area (Å²) in [4.78, 5) is 54.0. The molecule has 0 spiro atoms. The number of aliphatic carboxylic acids is 1. The van der Waals surface area contributed by atoms with Gasteiger partial charge in [0.1, 0.15) is 18.0 Å². The van der Waals surface area contributed by atoms with Gasteiger partial charge in [-0.2, -0.15) is 0 Å². The highest BCUT2D eigenvalue weighted by Crippen LogP contribution is 2.28. The summed E-state index contributed by atoms with van der Waals surface area (Å²) in [5.41, 5.74) is 1.28. The molecule has 2 atom stereocenters. The number of nitrogens with zero attached hydrogens (tertiary/aromatic N) is 4. The molecule has 2 heterocycles. The maximum atomic E-state index is 13.9. The lowest BCUT2D eigenvalue weighted by molar-refractivity contribution is -0.188. The Morgan fingerprint density at radius 2 is 1.82 bits per heavy atom. The van der Waals surface area contributed by atoms with Crippen molar-refractivity contribution in [2.24, 2.45) is 0 Å². The number of hydrogen-bond acceptors (Lipinski definition) is 6. The summed E-state index contributed by atoms with van der Waals surface area (Å²) in [6.07, 6.45) is -1.25. The Kier molecular flexibility index (Phi) is 9.10. The minimum atomic E-state index is -1.09. The summed E-state index contributed by atoms with van der Waals surface area (Å²) in [6, 6.07) is 14.1. The molecule has 0 saturated carbocycles. The van der Waals surface area contributed by atoms with Crippen LogP contribution in [0.2, 0.25) is 0 Å². The lowest BCUT2D eigenvalue weighted by atomic mass is 10.0. The molecule has 39 heavy (non-hydrogen) atoms. The zero-order valence-electron chi connectivity index (χ0n) is 21.7. The molecule has 2 saturated heterocycles. The van der Waals surface area contributed by atoms with Gasteiger partial charge in [-0.05, 0) is 18.1 Å². The summed E-state index contributed by atoms with van der Waals surface area (Å²) in [7, 11) is 1.61. The molecule has 2 aliphatic rings. The highest BCUT2D eigenvalue weighted by atomic mass is 19.1. The first-order chi connectivity index (χ1) is 18.8. The van der Waals surface area contributed by atoms with E-state index in [2.05, 4.69) is 5.32 Å². The number of carboxylic acid groups (broad SMARTS) is 1. The molecule has 0 aromatic heterocycles. The van der Waals surface area contributed by atoms with Crippen LogP contribution < -0.4 is 5.32 Å². The fraction of sp³-hybridized carbons (Fsp3) is 0.407. The molecule has 0 bridgehead atoms. The number of likely N-dealkylation sites (N-methyl/N-ethyl adjacent to an activating group) is 1. The van der Waals surface area contributed by atoms with E-state index < -0.39 is 35.9 Å². The highest BCUT2D eigenvalue weighted by Gasteiger charge is 2.50. The third-order valence-electron chi connectivity index (χ3n) is 6.79. The number of rotatable bonds is 10. The van der Waals surface area contributed by atoms with E-state index in [1.165, 1.54) is 25.9 Å². The molecule has 2 aromatic carbocycles. The monoisotopic (exact) mass is 541 g/mol. The smallest absolute Gasteiger partial charge is 0.334 e. The van der Waals surface area contributed by atoms with Crippen LogP contribution in [0, 0.1) is 5.82 Å². The van der Waals surface area contributed by atoms with E-state index in [0.29, 0.717) is 5.56 Å². The minimum absolute atomic E-state index is 0.0142. The van der Waals surface area contributed by atoms with Gasteiger partial charge in [0, 0.05) is 32.1 Å². The van der Waals surface area contributed by atoms with Crippen molar-refractivity contribution in [3.05, 3.63) is 71.5 Å². The summed E-state index contributed by atoms with van der Waals surface area (Å²) < 4.78 is 19.5. The maximum Gasteiger partial charge on any atom is 0.334 e. The second-order valence-corrected chi connectivity index (χ2v) is 9.46. The van der Waals surface area contributed by atoms with Crippen molar-refractivity contribution in [1.82, 2.24) is 25.1 Å². The molecule has 2 aliphatic heterocycles. The van der Waals surface area contributed by atoms with Crippen molar-refractivity contribution < 1.29 is 33.4 Å². The Balaban J connectivity index is 1.49. The van der Waals surface area contributed by atoms with E-state index in [1.54, 1.807) is 25.2 Å². The zero-order valence-corrected chi connectivity index (χ0v) is 21.7. The predicted molar refractivity (Wildman–Crippen MR) is 137 cm³/mol. The van der Waals surface area contributed by atoms with Gasteiger partial charge < -0.3 is 25.0 Å². The normalized spacial score (nSPS) is 19.7. The van der Waals surface area contributed by atoms with E-state index in [1.807, 2.05) is 30.3 Å². The molecule has 11 nitrogen and oxygen atoms in total. The van der Waals surface area contributed by atoms with Crippen LogP contribution in [0.25, 0.3) is 0 Å². The summed E-state index contributed by atoms with van der Waals surface area (Å²) in [6.45, 7) is 0.362. The van der Waals surface area contributed by atoms with Crippen LogP contribution in [0.1, 0.15) is 24.0 Å². The van der Waals surface area contributed by atoms with Gasteiger partial charge in [0.2, 0.25) is 11.8 Å². The van der Waals surface area contributed by atoms with Crippen LogP contribution in [0.3, 0.4) is 0 Å². The molecule has 12 heteroatoms. The van der Waals surface area contributed by atoms with E-state index in [-0.39, 0.29) is 58.1 Å². The SMILES string of the molecule is CN1CC(=O)N2[C@@H](CCC(=O)O)C(=O)N(CCOCc3ccccc3F)C[C@@H]2N1C(=O)NCc1ccccc1. The molecule has 2 aromatic rings. The number of hydrogen-bond donors (Lipinski definition) is 2. The van der Waals surface area contributed by atoms with Crippen LogP contribution in [-0.4, -0.2) is 94.2 Å². The van der Waals surface area contributed by atoms with Gasteiger partial charge in [0.25, 0.3) is 0 Å². The van der Waals surface area contributed by atoms with Crippen molar-refractivity contribution in [2.75, 3.05) is 33.3 Å². The molecular weight excluding hydrogens is 509 g/mol. The Labute approximate surface area is 225 Å². The first kappa shape index (κ1) is 28.0. The van der Waals surface area contributed by atoms with Gasteiger partial charge >= 0.3 is 12.0 Å². The predicted octanol–water partition coefficient (Wildman–Crippen LogP) is 1.64. The summed E-state index contributed by atoms with van der Waals surface area (Å²) in [5.74, 6) is -2.26. The zero-order chi connectivity index (χ0) is 27.9. The number of urea groups is 1. The lowest BCUT2D eigenvalue weighted by Crippen LogP contribution is -2.76. The summed E-state index contributed by atoms with van der Waals surface area (Å²) in [5, 5.41) is 15.0. The summed E-state index contributed by atoms with van der Waals surface area (Å²) >= 11 is 0. The van der Waals surface area contributed by atoms with E-state index in [4.69, 9.17) is 4.74 Å². The molecule has 4 amide bonds. The molecule has 2 fully saturated rings. The van der Waals surface area contributed by atoms with Crippen molar-refractivity contribution in [2.45, 2.75) is 38.2 Å². The number of piperazine rings is 1. The van der Waals surface area contributed by atoms with Crippen LogP contribution in [0.15, 0.2) is 54.6 Å². The number of amides is 4. The number of fused-ring (bicyclic) bond motifs is 1. The second kappa shape index (κ2) is 12.7. The quantitative estimate of drug-likeness (QED) is 0.439. The number of halogens is 1. The van der Waals surface area contributed by atoms with E-state index in [0.717, 1.165) is 5.56 Å². The number of ether oxygens (including phenoxy) is 1. The Bertz CT molecular complexity index is 1200. The molecule has 4 rings (SSSR count). The number of carbonyl (C=O) groups excluding carboxylic acids is 3. The molecule has 0 radical (unpaired) electrons. The average molecular weight is 542 g/mol. The molecular formula is C27H32FN5O6. The van der Waals surface area contributed by atoms with Gasteiger partial charge in [-0.25, -0.2) is 19.2 Å². The molecule has 0 aliphatic carbocycles. The fourth-order valence-electron chi connectivity index (χ4n) is 4.87. The van der Waals surface area contributed by atoms with Crippen LogP contribution >= 0.6 is 0 Å². The first-order valence-electron chi connectivity index (χ1n) is 12.7. The second-order valence-electron chi connectivity index (χ2n) is 9.46. The van der Waals surface area contributed by atoms with Gasteiger partial charge in [-0.1, -0.05) is 48.5 Å². The standard InChI is InChI=1S/C27H32FN5O6/c1-30-17-24(34)32-22(11-12-25(35)36)26(37)31(13-14-39-18-20-9-5-6-10-21(20)28)16-23(32)33(30)27(38)29-15-19-7-3-2-4-8-19/h2-10,22-23H,11-18H2,1H3,(H,29,38)(H,35,36)/t22-,23-/m0/s1. The van der Waals surface area contributed by atoms with Crippen LogP contribution in [-0.2, 0) is 32.3 Å². The molecule has 0 unspecified atom stereocenters. The number of carboxylic acids is 1. The van der Waals surface area contributed by atoms with Crippen molar-refractivity contribution in [3.63, 3.8) is 0 Å². The van der Waals surface area contributed by atoms with E-state index in [9.17, 15) is 28.7 Å². The molecule has 208 valence electrons. The molecule has 2 N–H and O–H groups in total. The largest absolute Gasteiger partial charge is 0.481 e. The van der Waals surface area contributed by atoms with Crippen molar-refractivity contribution >= 4 is 23.8 Å². The fourth-order valence-corrected chi connectivity index (χ4v) is 4.87.